The van der Waals surface area contributed by atoms with E-state index in [4.69, 9.17) is 21.1 Å². The third-order valence-corrected chi connectivity index (χ3v) is 3.70. The second-order valence-electron chi connectivity index (χ2n) is 4.67. The molecule has 0 amide bonds. The number of methoxy groups -OCH3 is 2. The van der Waals surface area contributed by atoms with E-state index < -0.39 is 0 Å². The number of ether oxygens (including phenoxy) is 2. The number of rotatable bonds is 7. The standard InChI is InChI=1S/C15H20ClN3O2/c1-19-14(16)9-18-15(19)10-17-7-6-11-4-5-12(20-2)13(8-11)21-3/h4-5,8-9,17H,6-7,10H2,1-3H3. The van der Waals surface area contributed by atoms with Gasteiger partial charge < -0.3 is 19.4 Å². The van der Waals surface area contributed by atoms with E-state index in [9.17, 15) is 0 Å². The lowest BCUT2D eigenvalue weighted by molar-refractivity contribution is 0.354. The first-order chi connectivity index (χ1) is 10.2. The summed E-state index contributed by atoms with van der Waals surface area (Å²) in [5.74, 6) is 2.43. The Morgan fingerprint density at radius 2 is 2.00 bits per heavy atom. The molecule has 0 saturated carbocycles. The molecule has 0 saturated heterocycles. The maximum absolute atomic E-state index is 5.95. The summed E-state index contributed by atoms with van der Waals surface area (Å²) in [5, 5.41) is 4.00. The van der Waals surface area contributed by atoms with Gasteiger partial charge in [-0.15, -0.1) is 0 Å². The molecular weight excluding hydrogens is 290 g/mol. The van der Waals surface area contributed by atoms with Gasteiger partial charge in [-0.05, 0) is 30.7 Å². The van der Waals surface area contributed by atoms with Gasteiger partial charge in [-0.25, -0.2) is 4.98 Å². The zero-order valence-corrected chi connectivity index (χ0v) is 13.3. The van der Waals surface area contributed by atoms with Crippen LogP contribution in [0.3, 0.4) is 0 Å². The Hall–Kier alpha value is -1.72. The van der Waals surface area contributed by atoms with Crippen LogP contribution < -0.4 is 14.8 Å². The van der Waals surface area contributed by atoms with Crippen LogP contribution in [0.2, 0.25) is 5.15 Å². The summed E-state index contributed by atoms with van der Waals surface area (Å²) in [4.78, 5) is 4.24. The molecule has 1 heterocycles. The summed E-state index contributed by atoms with van der Waals surface area (Å²) in [7, 11) is 5.18. The van der Waals surface area contributed by atoms with Crippen LogP contribution in [-0.2, 0) is 20.0 Å². The molecule has 6 heteroatoms. The quantitative estimate of drug-likeness (QED) is 0.798. The number of imidazole rings is 1. The number of benzene rings is 1. The Morgan fingerprint density at radius 1 is 1.24 bits per heavy atom. The van der Waals surface area contributed by atoms with Crippen LogP contribution in [0.5, 0.6) is 11.5 Å². The van der Waals surface area contributed by atoms with Crippen molar-refractivity contribution >= 4 is 11.6 Å². The van der Waals surface area contributed by atoms with E-state index in [0.717, 1.165) is 30.3 Å². The van der Waals surface area contributed by atoms with Gasteiger partial charge in [0.1, 0.15) is 11.0 Å². The lowest BCUT2D eigenvalue weighted by Gasteiger charge is -2.10. The fourth-order valence-corrected chi connectivity index (χ4v) is 2.20. The molecule has 0 radical (unpaired) electrons. The van der Waals surface area contributed by atoms with E-state index in [0.29, 0.717) is 11.7 Å². The van der Waals surface area contributed by atoms with E-state index in [1.807, 2.05) is 29.8 Å². The average molecular weight is 310 g/mol. The second-order valence-corrected chi connectivity index (χ2v) is 5.06. The van der Waals surface area contributed by atoms with Crippen molar-refractivity contribution in [1.82, 2.24) is 14.9 Å². The third-order valence-electron chi connectivity index (χ3n) is 3.35. The van der Waals surface area contributed by atoms with Gasteiger partial charge in [0.15, 0.2) is 11.5 Å². The van der Waals surface area contributed by atoms with Gasteiger partial charge in [-0.1, -0.05) is 17.7 Å². The second kappa shape index (κ2) is 7.33. The highest BCUT2D eigenvalue weighted by molar-refractivity contribution is 6.29. The van der Waals surface area contributed by atoms with Crippen molar-refractivity contribution in [1.29, 1.82) is 0 Å². The normalized spacial score (nSPS) is 10.7. The molecular formula is C15H20ClN3O2. The minimum atomic E-state index is 0.645. The third kappa shape index (κ3) is 3.89. The molecule has 5 nitrogen and oxygen atoms in total. The molecule has 1 aromatic carbocycles. The van der Waals surface area contributed by atoms with E-state index in [1.165, 1.54) is 5.56 Å². The van der Waals surface area contributed by atoms with E-state index in [-0.39, 0.29) is 0 Å². The highest BCUT2D eigenvalue weighted by Gasteiger charge is 2.05. The number of nitrogens with zero attached hydrogens (tertiary/aromatic N) is 2. The summed E-state index contributed by atoms with van der Waals surface area (Å²) in [6, 6.07) is 5.96. The molecule has 2 aromatic rings. The molecule has 0 aliphatic rings. The van der Waals surface area contributed by atoms with Gasteiger partial charge in [0, 0.05) is 7.05 Å². The Morgan fingerprint density at radius 3 is 2.62 bits per heavy atom. The zero-order chi connectivity index (χ0) is 15.2. The van der Waals surface area contributed by atoms with Crippen molar-refractivity contribution in [2.45, 2.75) is 13.0 Å². The minimum Gasteiger partial charge on any atom is -0.493 e. The molecule has 0 atom stereocenters. The molecule has 0 bridgehead atoms. The van der Waals surface area contributed by atoms with Crippen molar-refractivity contribution in [3.8, 4) is 11.5 Å². The van der Waals surface area contributed by atoms with Crippen LogP contribution >= 0.6 is 11.6 Å². The molecule has 114 valence electrons. The van der Waals surface area contributed by atoms with Crippen LogP contribution in [0, 0.1) is 0 Å². The first kappa shape index (κ1) is 15.7. The van der Waals surface area contributed by atoms with Gasteiger partial charge in [0.25, 0.3) is 0 Å². The van der Waals surface area contributed by atoms with Crippen LogP contribution in [-0.4, -0.2) is 30.3 Å². The van der Waals surface area contributed by atoms with Crippen molar-refractivity contribution in [2.75, 3.05) is 20.8 Å². The van der Waals surface area contributed by atoms with Gasteiger partial charge in [-0.2, -0.15) is 0 Å². The highest BCUT2D eigenvalue weighted by atomic mass is 35.5. The van der Waals surface area contributed by atoms with Gasteiger partial charge in [0.2, 0.25) is 0 Å². The Kier molecular flexibility index (Phi) is 5.47. The fourth-order valence-electron chi connectivity index (χ4n) is 2.06. The van der Waals surface area contributed by atoms with Gasteiger partial charge in [-0.3, -0.25) is 0 Å². The van der Waals surface area contributed by atoms with Crippen molar-refractivity contribution in [3.05, 3.63) is 40.9 Å². The number of aromatic nitrogens is 2. The largest absolute Gasteiger partial charge is 0.493 e. The lowest BCUT2D eigenvalue weighted by Crippen LogP contribution is -2.19. The molecule has 0 aliphatic carbocycles. The monoisotopic (exact) mass is 309 g/mol. The minimum absolute atomic E-state index is 0.645. The Balaban J connectivity index is 1.85. The van der Waals surface area contributed by atoms with Crippen molar-refractivity contribution in [2.24, 2.45) is 7.05 Å². The van der Waals surface area contributed by atoms with Crippen molar-refractivity contribution < 1.29 is 9.47 Å². The van der Waals surface area contributed by atoms with E-state index in [2.05, 4.69) is 10.3 Å². The molecule has 0 fully saturated rings. The van der Waals surface area contributed by atoms with Crippen molar-refractivity contribution in [3.63, 3.8) is 0 Å². The van der Waals surface area contributed by atoms with Crippen LogP contribution in [0.4, 0.5) is 0 Å². The molecule has 2 rings (SSSR count). The number of halogens is 1. The first-order valence-corrected chi connectivity index (χ1v) is 7.11. The topological polar surface area (TPSA) is 48.3 Å². The van der Waals surface area contributed by atoms with Gasteiger partial charge in [0.05, 0.1) is 27.0 Å². The van der Waals surface area contributed by atoms with E-state index in [1.54, 1.807) is 20.4 Å². The predicted octanol–water partition coefficient (Wildman–Crippen LogP) is 2.42. The highest BCUT2D eigenvalue weighted by Crippen LogP contribution is 2.27. The summed E-state index contributed by atoms with van der Waals surface area (Å²) in [5.41, 5.74) is 1.19. The summed E-state index contributed by atoms with van der Waals surface area (Å²) >= 11 is 5.95. The number of nitrogens with one attached hydrogen (secondary N) is 1. The Labute approximate surface area is 129 Å². The molecule has 1 aromatic heterocycles. The van der Waals surface area contributed by atoms with Crippen LogP contribution in [0.15, 0.2) is 24.4 Å². The summed E-state index contributed by atoms with van der Waals surface area (Å²) in [6.45, 7) is 1.54. The SMILES string of the molecule is COc1ccc(CCNCc2ncc(Cl)n2C)cc1OC. The average Bonchev–Trinajstić information content (AvgIpc) is 2.83. The lowest BCUT2D eigenvalue weighted by atomic mass is 10.1. The fraction of sp³-hybridized carbons (Fsp3) is 0.400. The summed E-state index contributed by atoms with van der Waals surface area (Å²) in [6.07, 6.45) is 2.56. The summed E-state index contributed by atoms with van der Waals surface area (Å²) < 4.78 is 12.4. The maximum atomic E-state index is 5.95. The van der Waals surface area contributed by atoms with Crippen LogP contribution in [0.25, 0.3) is 0 Å². The van der Waals surface area contributed by atoms with Crippen LogP contribution in [0.1, 0.15) is 11.4 Å². The molecule has 0 spiro atoms. The number of hydrogen-bond acceptors (Lipinski definition) is 4. The predicted molar refractivity (Wildman–Crippen MR) is 83.2 cm³/mol. The van der Waals surface area contributed by atoms with Gasteiger partial charge >= 0.3 is 0 Å². The number of hydrogen-bond donors (Lipinski definition) is 1. The smallest absolute Gasteiger partial charge is 0.160 e. The maximum Gasteiger partial charge on any atom is 0.160 e. The molecule has 0 unspecified atom stereocenters. The zero-order valence-electron chi connectivity index (χ0n) is 12.5. The molecule has 21 heavy (non-hydrogen) atoms. The molecule has 0 aliphatic heterocycles. The first-order valence-electron chi connectivity index (χ1n) is 6.73. The molecule has 1 N–H and O–H groups in total. The Bertz CT molecular complexity index is 599. The van der Waals surface area contributed by atoms with E-state index >= 15 is 0 Å².